The molecule has 0 atom stereocenters. The van der Waals surface area contributed by atoms with Gasteiger partial charge in [-0.1, -0.05) is 0 Å². The highest BCUT2D eigenvalue weighted by Gasteiger charge is 2.61. The Balaban J connectivity index is 1.61. The summed E-state index contributed by atoms with van der Waals surface area (Å²) in [4.78, 5) is 11.0. The van der Waals surface area contributed by atoms with Gasteiger partial charge in [-0.25, -0.2) is 8.78 Å². The van der Waals surface area contributed by atoms with Gasteiger partial charge < -0.3 is 10.1 Å². The largest absolute Gasteiger partial charge is 0.465 e. The van der Waals surface area contributed by atoms with Gasteiger partial charge in [0.15, 0.2) is 0 Å². The smallest absolute Gasteiger partial charge is 0.319 e. The highest BCUT2D eigenvalue weighted by atomic mass is 19.3. The van der Waals surface area contributed by atoms with Crippen molar-refractivity contribution in [1.29, 1.82) is 0 Å². The quantitative estimate of drug-likeness (QED) is 0.751. The molecule has 1 spiro atoms. The maximum absolute atomic E-state index is 12.7. The van der Waals surface area contributed by atoms with E-state index in [1.807, 2.05) is 0 Å². The molecule has 0 heterocycles. The summed E-state index contributed by atoms with van der Waals surface area (Å²) in [7, 11) is 0. The topological polar surface area (TPSA) is 38.3 Å². The number of ether oxygens (including phenoxy) is 1. The average Bonchev–Trinajstić information content (AvgIpc) is 2.07. The van der Waals surface area contributed by atoms with Crippen molar-refractivity contribution in [3.8, 4) is 0 Å². The molecule has 0 radical (unpaired) electrons. The number of carbonyl (C=O) groups is 1. The molecule has 0 aromatic carbocycles. The third-order valence-corrected chi connectivity index (χ3v) is 3.47. The van der Waals surface area contributed by atoms with E-state index < -0.39 is 5.92 Å². The summed E-state index contributed by atoms with van der Waals surface area (Å²) in [5, 5.41) is 3.03. The third-order valence-electron chi connectivity index (χ3n) is 3.47. The van der Waals surface area contributed by atoms with Crippen molar-refractivity contribution in [2.45, 2.75) is 44.6 Å². The summed E-state index contributed by atoms with van der Waals surface area (Å²) in [6.07, 6.45) is 1.58. The van der Waals surface area contributed by atoms with Gasteiger partial charge in [0.25, 0.3) is 0 Å². The van der Waals surface area contributed by atoms with Crippen LogP contribution in [0.15, 0.2) is 0 Å². The Morgan fingerprint density at radius 3 is 2.56 bits per heavy atom. The monoisotopic (exact) mass is 233 g/mol. The van der Waals surface area contributed by atoms with Gasteiger partial charge in [-0.3, -0.25) is 4.79 Å². The summed E-state index contributed by atoms with van der Waals surface area (Å²) in [6, 6.07) is 0.209. The molecular formula is C11H17F2NO2. The van der Waals surface area contributed by atoms with Gasteiger partial charge >= 0.3 is 5.97 Å². The van der Waals surface area contributed by atoms with E-state index in [1.54, 1.807) is 6.92 Å². The maximum Gasteiger partial charge on any atom is 0.319 e. The van der Waals surface area contributed by atoms with Crippen LogP contribution in [0.2, 0.25) is 0 Å². The number of alkyl halides is 2. The normalized spacial score (nSPS) is 25.9. The van der Waals surface area contributed by atoms with Crippen molar-refractivity contribution in [3.05, 3.63) is 0 Å². The van der Waals surface area contributed by atoms with Crippen molar-refractivity contribution in [1.82, 2.24) is 5.32 Å². The Hall–Kier alpha value is -0.710. The fourth-order valence-corrected chi connectivity index (χ4v) is 2.90. The van der Waals surface area contributed by atoms with Crippen molar-refractivity contribution in [2.75, 3.05) is 13.2 Å². The minimum Gasteiger partial charge on any atom is -0.465 e. The Morgan fingerprint density at radius 2 is 2.06 bits per heavy atom. The van der Waals surface area contributed by atoms with E-state index in [4.69, 9.17) is 4.74 Å². The van der Waals surface area contributed by atoms with Crippen LogP contribution >= 0.6 is 0 Å². The van der Waals surface area contributed by atoms with Crippen molar-refractivity contribution < 1.29 is 18.3 Å². The van der Waals surface area contributed by atoms with Crippen LogP contribution < -0.4 is 5.32 Å². The van der Waals surface area contributed by atoms with Crippen LogP contribution in [0, 0.1) is 5.41 Å². The van der Waals surface area contributed by atoms with Crippen molar-refractivity contribution >= 4 is 5.97 Å². The van der Waals surface area contributed by atoms with E-state index >= 15 is 0 Å². The fourth-order valence-electron chi connectivity index (χ4n) is 2.90. The van der Waals surface area contributed by atoms with Crippen molar-refractivity contribution in [3.63, 3.8) is 0 Å². The number of rotatable bonds is 4. The van der Waals surface area contributed by atoms with E-state index in [0.29, 0.717) is 6.61 Å². The molecule has 2 saturated carbocycles. The lowest BCUT2D eigenvalue weighted by molar-refractivity contribution is -0.198. The highest BCUT2D eigenvalue weighted by molar-refractivity contribution is 5.71. The molecule has 0 aliphatic heterocycles. The second-order valence-corrected chi connectivity index (χ2v) is 5.00. The van der Waals surface area contributed by atoms with Crippen LogP contribution in [0.5, 0.6) is 0 Å². The van der Waals surface area contributed by atoms with Crippen LogP contribution in [0.1, 0.15) is 32.6 Å². The summed E-state index contributed by atoms with van der Waals surface area (Å²) in [6.45, 7) is 2.32. The Bertz CT molecular complexity index is 278. The van der Waals surface area contributed by atoms with Gasteiger partial charge in [0.1, 0.15) is 0 Å². The van der Waals surface area contributed by atoms with E-state index in [2.05, 4.69) is 5.32 Å². The summed E-state index contributed by atoms with van der Waals surface area (Å²) in [5.74, 6) is -2.71. The molecular weight excluding hydrogens is 216 g/mol. The van der Waals surface area contributed by atoms with Crippen LogP contribution in [0.25, 0.3) is 0 Å². The predicted octanol–water partition coefficient (Wildman–Crippen LogP) is 1.72. The molecule has 0 bridgehead atoms. The fraction of sp³-hybridized carbons (Fsp3) is 0.909. The van der Waals surface area contributed by atoms with Gasteiger partial charge in [-0.15, -0.1) is 0 Å². The lowest BCUT2D eigenvalue weighted by Crippen LogP contribution is -2.59. The number of halogens is 2. The molecule has 2 fully saturated rings. The average molecular weight is 233 g/mol. The molecule has 2 aliphatic carbocycles. The van der Waals surface area contributed by atoms with E-state index in [0.717, 1.165) is 12.8 Å². The number of hydrogen-bond acceptors (Lipinski definition) is 3. The molecule has 0 unspecified atom stereocenters. The Kier molecular flexibility index (Phi) is 2.90. The first-order valence-electron chi connectivity index (χ1n) is 5.72. The van der Waals surface area contributed by atoms with E-state index in [9.17, 15) is 13.6 Å². The molecule has 0 aromatic rings. The zero-order chi connectivity index (χ0) is 11.8. The molecule has 0 saturated heterocycles. The minimum atomic E-state index is -2.44. The number of carbonyl (C=O) groups excluding carboxylic acids is 1. The standard InChI is InChI=1S/C11H17F2NO2/c1-2-16-9(15)5-14-8-3-10(4-8)6-11(12,13)7-10/h8,14H,2-7H2,1H3. The summed E-state index contributed by atoms with van der Waals surface area (Å²) in [5.41, 5.74) is -0.129. The minimum absolute atomic E-state index is 0.0254. The maximum atomic E-state index is 12.7. The van der Waals surface area contributed by atoms with E-state index in [-0.39, 0.29) is 36.8 Å². The predicted molar refractivity (Wildman–Crippen MR) is 54.3 cm³/mol. The SMILES string of the molecule is CCOC(=O)CNC1CC2(C1)CC(F)(F)C2. The molecule has 5 heteroatoms. The second-order valence-electron chi connectivity index (χ2n) is 5.00. The summed E-state index contributed by atoms with van der Waals surface area (Å²) < 4.78 is 30.2. The van der Waals surface area contributed by atoms with Crippen LogP contribution in [-0.4, -0.2) is 31.1 Å². The van der Waals surface area contributed by atoms with Gasteiger partial charge in [0.05, 0.1) is 13.2 Å². The first-order chi connectivity index (χ1) is 7.45. The highest BCUT2D eigenvalue weighted by Crippen LogP contribution is 2.62. The number of esters is 1. The van der Waals surface area contributed by atoms with Gasteiger partial charge in [-0.2, -0.15) is 0 Å². The molecule has 2 rings (SSSR count). The molecule has 3 nitrogen and oxygen atoms in total. The third kappa shape index (κ3) is 2.34. The Labute approximate surface area is 93.5 Å². The number of hydrogen-bond donors (Lipinski definition) is 1. The van der Waals surface area contributed by atoms with Crippen LogP contribution in [-0.2, 0) is 9.53 Å². The molecule has 0 amide bonds. The molecule has 2 aliphatic rings. The molecule has 16 heavy (non-hydrogen) atoms. The van der Waals surface area contributed by atoms with Crippen LogP contribution in [0.3, 0.4) is 0 Å². The molecule has 0 aromatic heterocycles. The lowest BCUT2D eigenvalue weighted by atomic mass is 9.52. The Morgan fingerprint density at radius 1 is 1.44 bits per heavy atom. The van der Waals surface area contributed by atoms with E-state index in [1.165, 1.54) is 0 Å². The number of nitrogens with one attached hydrogen (secondary N) is 1. The zero-order valence-electron chi connectivity index (χ0n) is 9.39. The van der Waals surface area contributed by atoms with Gasteiger partial charge in [-0.05, 0) is 25.2 Å². The second kappa shape index (κ2) is 3.95. The lowest BCUT2D eigenvalue weighted by Gasteiger charge is -2.57. The first kappa shape index (κ1) is 11.8. The van der Waals surface area contributed by atoms with Crippen molar-refractivity contribution in [2.24, 2.45) is 5.41 Å². The first-order valence-corrected chi connectivity index (χ1v) is 5.72. The summed E-state index contributed by atoms with van der Waals surface area (Å²) >= 11 is 0. The van der Waals surface area contributed by atoms with Gasteiger partial charge in [0.2, 0.25) is 5.92 Å². The van der Waals surface area contributed by atoms with Crippen LogP contribution in [0.4, 0.5) is 8.78 Å². The molecule has 1 N–H and O–H groups in total. The zero-order valence-corrected chi connectivity index (χ0v) is 9.39. The van der Waals surface area contributed by atoms with Gasteiger partial charge in [0, 0.05) is 18.9 Å². The molecule has 92 valence electrons.